The highest BCUT2D eigenvalue weighted by Gasteiger charge is 2.22. The van der Waals surface area contributed by atoms with Gasteiger partial charge in [0.15, 0.2) is 5.78 Å². The van der Waals surface area contributed by atoms with E-state index in [0.29, 0.717) is 18.3 Å². The van der Waals surface area contributed by atoms with Crippen LogP contribution in [0.2, 0.25) is 0 Å². The standard InChI is InChI=1S/C27H37NO/c1-4-6-7-20(3)19-28-26-14-12-23(13-15-26)27(29)18-22-9-11-24-16-21(5-2)8-10-25(24)17-22/h8,10,12-16,20,22,28H,4-7,9,11,17-19H2,1-3H3. The number of carbonyl (C=O) groups is 1. The summed E-state index contributed by atoms with van der Waals surface area (Å²) in [5.74, 6) is 1.44. The predicted molar refractivity (Wildman–Crippen MR) is 124 cm³/mol. The van der Waals surface area contributed by atoms with Crippen molar-refractivity contribution >= 4 is 11.5 Å². The molecular formula is C27H37NO. The highest BCUT2D eigenvalue weighted by Crippen LogP contribution is 2.29. The summed E-state index contributed by atoms with van der Waals surface area (Å²) in [5, 5.41) is 3.51. The van der Waals surface area contributed by atoms with Crippen LogP contribution < -0.4 is 5.32 Å². The van der Waals surface area contributed by atoms with Gasteiger partial charge in [-0.3, -0.25) is 4.79 Å². The zero-order chi connectivity index (χ0) is 20.6. The van der Waals surface area contributed by atoms with Crippen LogP contribution in [0.4, 0.5) is 5.69 Å². The van der Waals surface area contributed by atoms with E-state index in [4.69, 9.17) is 0 Å². The first-order chi connectivity index (χ1) is 14.1. The molecule has 2 aromatic carbocycles. The Bertz CT molecular complexity index is 793. The Morgan fingerprint density at radius 1 is 1.10 bits per heavy atom. The third kappa shape index (κ3) is 6.19. The fourth-order valence-corrected chi connectivity index (χ4v) is 4.38. The summed E-state index contributed by atoms with van der Waals surface area (Å²) in [5.41, 5.74) is 6.33. The van der Waals surface area contributed by atoms with Crippen molar-refractivity contribution in [2.24, 2.45) is 11.8 Å². The van der Waals surface area contributed by atoms with E-state index >= 15 is 0 Å². The number of rotatable bonds is 10. The van der Waals surface area contributed by atoms with Crippen LogP contribution in [0.15, 0.2) is 42.5 Å². The number of nitrogens with one attached hydrogen (secondary N) is 1. The topological polar surface area (TPSA) is 29.1 Å². The fraction of sp³-hybridized carbons (Fsp3) is 0.519. The van der Waals surface area contributed by atoms with Crippen LogP contribution in [0.5, 0.6) is 0 Å². The van der Waals surface area contributed by atoms with Gasteiger partial charge in [0.1, 0.15) is 0 Å². The molecule has 0 aromatic heterocycles. The molecule has 0 bridgehead atoms. The number of carbonyl (C=O) groups excluding carboxylic acids is 1. The van der Waals surface area contributed by atoms with Gasteiger partial charge in [-0.15, -0.1) is 0 Å². The average molecular weight is 392 g/mol. The monoisotopic (exact) mass is 391 g/mol. The van der Waals surface area contributed by atoms with Crippen molar-refractivity contribution in [3.8, 4) is 0 Å². The number of fused-ring (bicyclic) bond motifs is 1. The molecule has 2 heteroatoms. The zero-order valence-corrected chi connectivity index (χ0v) is 18.5. The second kappa shape index (κ2) is 10.6. The van der Waals surface area contributed by atoms with Gasteiger partial charge < -0.3 is 5.32 Å². The lowest BCUT2D eigenvalue weighted by Gasteiger charge is -2.24. The number of aryl methyl sites for hydroxylation is 2. The first-order valence-electron chi connectivity index (χ1n) is 11.6. The molecule has 2 nitrogen and oxygen atoms in total. The van der Waals surface area contributed by atoms with E-state index in [-0.39, 0.29) is 5.78 Å². The molecule has 0 heterocycles. The van der Waals surface area contributed by atoms with Crippen molar-refractivity contribution in [3.05, 3.63) is 64.7 Å². The maximum atomic E-state index is 12.8. The molecule has 1 N–H and O–H groups in total. The van der Waals surface area contributed by atoms with Crippen LogP contribution in [-0.4, -0.2) is 12.3 Å². The summed E-state index contributed by atoms with van der Waals surface area (Å²) in [7, 11) is 0. The summed E-state index contributed by atoms with van der Waals surface area (Å²) < 4.78 is 0. The molecule has 0 spiro atoms. The SMILES string of the molecule is CCCCC(C)CNc1ccc(C(=O)CC2CCc3cc(CC)ccc3C2)cc1. The van der Waals surface area contributed by atoms with Crippen molar-refractivity contribution in [1.82, 2.24) is 0 Å². The molecule has 0 radical (unpaired) electrons. The third-order valence-corrected chi connectivity index (χ3v) is 6.40. The molecule has 29 heavy (non-hydrogen) atoms. The van der Waals surface area contributed by atoms with E-state index in [2.05, 4.69) is 56.4 Å². The van der Waals surface area contributed by atoms with Crippen molar-refractivity contribution in [2.75, 3.05) is 11.9 Å². The maximum Gasteiger partial charge on any atom is 0.163 e. The molecule has 2 unspecified atom stereocenters. The number of benzene rings is 2. The van der Waals surface area contributed by atoms with Crippen molar-refractivity contribution < 1.29 is 4.79 Å². The van der Waals surface area contributed by atoms with E-state index in [1.54, 1.807) is 0 Å². The molecule has 156 valence electrons. The Labute approximate surface area is 177 Å². The lowest BCUT2D eigenvalue weighted by atomic mass is 9.80. The lowest BCUT2D eigenvalue weighted by molar-refractivity contribution is 0.0957. The highest BCUT2D eigenvalue weighted by molar-refractivity contribution is 5.96. The Morgan fingerprint density at radius 2 is 1.90 bits per heavy atom. The number of unbranched alkanes of at least 4 members (excludes halogenated alkanes) is 1. The van der Waals surface area contributed by atoms with Gasteiger partial charge in [-0.25, -0.2) is 0 Å². The fourth-order valence-electron chi connectivity index (χ4n) is 4.38. The highest BCUT2D eigenvalue weighted by atomic mass is 16.1. The molecule has 0 saturated heterocycles. The molecule has 1 aliphatic carbocycles. The minimum Gasteiger partial charge on any atom is -0.385 e. The first kappa shape index (κ1) is 21.6. The quantitative estimate of drug-likeness (QED) is 0.448. The number of anilines is 1. The van der Waals surface area contributed by atoms with E-state index in [9.17, 15) is 4.79 Å². The third-order valence-electron chi connectivity index (χ3n) is 6.40. The molecule has 3 rings (SSSR count). The van der Waals surface area contributed by atoms with Gasteiger partial charge in [-0.2, -0.15) is 0 Å². The molecule has 2 atom stereocenters. The van der Waals surface area contributed by atoms with Gasteiger partial charge in [0.2, 0.25) is 0 Å². The van der Waals surface area contributed by atoms with Gasteiger partial charge in [0.05, 0.1) is 0 Å². The summed E-state index contributed by atoms with van der Waals surface area (Å²) in [6.07, 6.45) is 8.86. The Balaban J connectivity index is 1.50. The molecule has 2 aromatic rings. The number of ketones is 1. The van der Waals surface area contributed by atoms with Crippen LogP contribution in [0.25, 0.3) is 0 Å². The van der Waals surface area contributed by atoms with Gasteiger partial charge in [-0.05, 0) is 84.9 Å². The number of hydrogen-bond donors (Lipinski definition) is 1. The normalized spacial score (nSPS) is 16.9. The minimum absolute atomic E-state index is 0.284. The van der Waals surface area contributed by atoms with Crippen molar-refractivity contribution in [3.63, 3.8) is 0 Å². The maximum absolute atomic E-state index is 12.8. The second-order valence-corrected chi connectivity index (χ2v) is 8.90. The average Bonchev–Trinajstić information content (AvgIpc) is 2.76. The smallest absolute Gasteiger partial charge is 0.163 e. The van der Waals surface area contributed by atoms with E-state index < -0.39 is 0 Å². The van der Waals surface area contributed by atoms with Crippen molar-refractivity contribution in [2.45, 2.75) is 72.1 Å². The van der Waals surface area contributed by atoms with Crippen LogP contribution >= 0.6 is 0 Å². The largest absolute Gasteiger partial charge is 0.385 e. The summed E-state index contributed by atoms with van der Waals surface area (Å²) in [6.45, 7) is 7.74. The Morgan fingerprint density at radius 3 is 2.62 bits per heavy atom. The summed E-state index contributed by atoms with van der Waals surface area (Å²) >= 11 is 0. The second-order valence-electron chi connectivity index (χ2n) is 8.90. The van der Waals surface area contributed by atoms with Gasteiger partial charge in [-0.1, -0.05) is 51.8 Å². The first-order valence-corrected chi connectivity index (χ1v) is 11.6. The Kier molecular flexibility index (Phi) is 7.91. The van der Waals surface area contributed by atoms with Crippen LogP contribution in [0, 0.1) is 11.8 Å². The lowest BCUT2D eigenvalue weighted by Crippen LogP contribution is -2.18. The van der Waals surface area contributed by atoms with E-state index in [0.717, 1.165) is 43.5 Å². The van der Waals surface area contributed by atoms with Crippen molar-refractivity contribution in [1.29, 1.82) is 0 Å². The van der Waals surface area contributed by atoms with Gasteiger partial charge >= 0.3 is 0 Å². The molecule has 0 saturated carbocycles. The predicted octanol–water partition coefficient (Wildman–Crippen LogP) is 6.87. The Hall–Kier alpha value is -2.09. The van der Waals surface area contributed by atoms with Crippen LogP contribution in [0.1, 0.15) is 79.9 Å². The molecular weight excluding hydrogens is 354 g/mol. The van der Waals surface area contributed by atoms with E-state index in [1.165, 1.54) is 36.0 Å². The summed E-state index contributed by atoms with van der Waals surface area (Å²) in [6, 6.07) is 15.0. The number of hydrogen-bond acceptors (Lipinski definition) is 2. The molecule has 0 fully saturated rings. The minimum atomic E-state index is 0.284. The van der Waals surface area contributed by atoms with Gasteiger partial charge in [0.25, 0.3) is 0 Å². The molecule has 1 aliphatic rings. The van der Waals surface area contributed by atoms with E-state index in [1.807, 2.05) is 12.1 Å². The number of Topliss-reactive ketones (excluding diaryl/α,β-unsaturated/α-hetero) is 1. The summed E-state index contributed by atoms with van der Waals surface area (Å²) in [4.78, 5) is 12.8. The van der Waals surface area contributed by atoms with Crippen LogP contribution in [-0.2, 0) is 19.3 Å². The van der Waals surface area contributed by atoms with Crippen LogP contribution in [0.3, 0.4) is 0 Å². The molecule has 0 aliphatic heterocycles. The van der Waals surface area contributed by atoms with Gasteiger partial charge in [0, 0.05) is 24.2 Å². The molecule has 0 amide bonds. The zero-order valence-electron chi connectivity index (χ0n) is 18.5.